The summed E-state index contributed by atoms with van der Waals surface area (Å²) in [5.41, 5.74) is 1.95. The van der Waals surface area contributed by atoms with Crippen molar-refractivity contribution in [1.82, 2.24) is 20.0 Å². The third-order valence-electron chi connectivity index (χ3n) is 2.44. The molecule has 3 rings (SSSR count). The fourth-order valence-corrected chi connectivity index (χ4v) is 1.68. The van der Waals surface area contributed by atoms with Gasteiger partial charge in [-0.25, -0.2) is 0 Å². The van der Waals surface area contributed by atoms with Crippen molar-refractivity contribution in [1.29, 1.82) is 0 Å². The molecule has 0 bridgehead atoms. The number of H-pyrrole nitrogens is 1. The summed E-state index contributed by atoms with van der Waals surface area (Å²) >= 11 is 0. The van der Waals surface area contributed by atoms with Gasteiger partial charge in [0.1, 0.15) is 0 Å². The van der Waals surface area contributed by atoms with Crippen molar-refractivity contribution in [3.8, 4) is 0 Å². The summed E-state index contributed by atoms with van der Waals surface area (Å²) in [6, 6.07) is 7.99. The van der Waals surface area contributed by atoms with Gasteiger partial charge in [-0.15, -0.1) is 0 Å². The predicted molar refractivity (Wildman–Crippen MR) is 62.6 cm³/mol. The van der Waals surface area contributed by atoms with Crippen molar-refractivity contribution in [2.45, 2.75) is 0 Å². The van der Waals surface area contributed by atoms with Crippen LogP contribution in [0.15, 0.2) is 36.7 Å². The average Bonchev–Trinajstić information content (AvgIpc) is 2.87. The molecule has 0 aliphatic carbocycles. The number of hydrogen-bond donors (Lipinski definition) is 2. The van der Waals surface area contributed by atoms with Crippen LogP contribution < -0.4 is 5.32 Å². The fraction of sp³-hybridized carbons (Fsp3) is 0.0909. The first kappa shape index (κ1) is 8.96. The van der Waals surface area contributed by atoms with E-state index in [2.05, 4.69) is 20.6 Å². The predicted octanol–water partition coefficient (Wildman–Crippen LogP) is 2.04. The van der Waals surface area contributed by atoms with E-state index in [0.29, 0.717) is 0 Å². The van der Waals surface area contributed by atoms with Gasteiger partial charge in [-0.2, -0.15) is 10.2 Å². The first-order valence-corrected chi connectivity index (χ1v) is 5.02. The Hall–Kier alpha value is -2.30. The van der Waals surface area contributed by atoms with Gasteiger partial charge in [0.15, 0.2) is 5.82 Å². The molecule has 5 heteroatoms. The molecule has 0 saturated heterocycles. The Labute approximate surface area is 92.1 Å². The van der Waals surface area contributed by atoms with E-state index in [1.54, 1.807) is 10.9 Å². The molecular formula is C11H11N5. The van der Waals surface area contributed by atoms with E-state index >= 15 is 0 Å². The molecule has 1 aromatic carbocycles. The molecule has 0 amide bonds. The second-order valence-electron chi connectivity index (χ2n) is 3.65. The molecule has 0 radical (unpaired) electrons. The summed E-state index contributed by atoms with van der Waals surface area (Å²) < 4.78 is 1.75. The summed E-state index contributed by atoms with van der Waals surface area (Å²) in [5.74, 6) is 0.823. The first-order chi connectivity index (χ1) is 7.83. The molecule has 0 unspecified atom stereocenters. The Morgan fingerprint density at radius 1 is 1.31 bits per heavy atom. The Balaban J connectivity index is 2.00. The number of aromatic amines is 1. The van der Waals surface area contributed by atoms with Crippen molar-refractivity contribution < 1.29 is 0 Å². The minimum absolute atomic E-state index is 0.823. The van der Waals surface area contributed by atoms with Crippen molar-refractivity contribution in [2.24, 2.45) is 7.05 Å². The number of para-hydroxylation sites is 1. The molecule has 2 N–H and O–H groups in total. The Morgan fingerprint density at radius 2 is 2.19 bits per heavy atom. The number of nitrogens with zero attached hydrogens (tertiary/aromatic N) is 3. The molecule has 2 heterocycles. The summed E-state index contributed by atoms with van der Waals surface area (Å²) in [6.07, 6.45) is 3.67. The lowest BCUT2D eigenvalue weighted by atomic mass is 10.2. The van der Waals surface area contributed by atoms with Gasteiger partial charge in [-0.3, -0.25) is 9.78 Å². The zero-order chi connectivity index (χ0) is 11.0. The highest BCUT2D eigenvalue weighted by molar-refractivity contribution is 5.91. The average molecular weight is 213 g/mol. The molecule has 0 atom stereocenters. The van der Waals surface area contributed by atoms with Crippen LogP contribution in [0.1, 0.15) is 0 Å². The van der Waals surface area contributed by atoms with Crippen LogP contribution in [0.4, 0.5) is 11.5 Å². The minimum Gasteiger partial charge on any atom is -0.336 e. The third kappa shape index (κ3) is 1.42. The minimum atomic E-state index is 0.823. The van der Waals surface area contributed by atoms with E-state index in [9.17, 15) is 0 Å². The molecule has 2 aromatic heterocycles. The second-order valence-corrected chi connectivity index (χ2v) is 3.65. The van der Waals surface area contributed by atoms with Gasteiger partial charge in [0, 0.05) is 18.6 Å². The normalized spacial score (nSPS) is 10.8. The van der Waals surface area contributed by atoms with E-state index in [1.807, 2.05) is 37.5 Å². The SMILES string of the molecule is Cn1cc(Nc2n[nH]c3ccccc23)cn1. The lowest BCUT2D eigenvalue weighted by Crippen LogP contribution is -1.89. The van der Waals surface area contributed by atoms with E-state index in [1.165, 1.54) is 0 Å². The third-order valence-corrected chi connectivity index (χ3v) is 2.44. The van der Waals surface area contributed by atoms with Crippen LogP contribution in [0.3, 0.4) is 0 Å². The van der Waals surface area contributed by atoms with Gasteiger partial charge in [0.25, 0.3) is 0 Å². The molecule has 5 nitrogen and oxygen atoms in total. The number of aryl methyl sites for hydroxylation is 1. The van der Waals surface area contributed by atoms with Crippen LogP contribution in [-0.2, 0) is 7.05 Å². The Kier molecular flexibility index (Phi) is 1.89. The standard InChI is InChI=1S/C11H11N5/c1-16-7-8(6-12-16)13-11-9-4-2-3-5-10(9)14-15-11/h2-7H,1H3,(H2,13,14,15). The number of rotatable bonds is 2. The number of anilines is 2. The van der Waals surface area contributed by atoms with E-state index in [0.717, 1.165) is 22.4 Å². The smallest absolute Gasteiger partial charge is 0.160 e. The van der Waals surface area contributed by atoms with Gasteiger partial charge >= 0.3 is 0 Å². The summed E-state index contributed by atoms with van der Waals surface area (Å²) in [5, 5.41) is 15.6. The quantitative estimate of drug-likeness (QED) is 0.684. The molecule has 0 aliphatic heterocycles. The van der Waals surface area contributed by atoms with Crippen molar-refractivity contribution in [2.75, 3.05) is 5.32 Å². The van der Waals surface area contributed by atoms with Gasteiger partial charge in [0.05, 0.1) is 17.4 Å². The fourth-order valence-electron chi connectivity index (χ4n) is 1.68. The van der Waals surface area contributed by atoms with Gasteiger partial charge in [-0.1, -0.05) is 12.1 Å². The van der Waals surface area contributed by atoms with Gasteiger partial charge in [-0.05, 0) is 12.1 Å². The number of aromatic nitrogens is 4. The second kappa shape index (κ2) is 3.37. The van der Waals surface area contributed by atoms with Crippen LogP contribution >= 0.6 is 0 Å². The van der Waals surface area contributed by atoms with Crippen LogP contribution in [0, 0.1) is 0 Å². The highest BCUT2D eigenvalue weighted by Gasteiger charge is 2.05. The van der Waals surface area contributed by atoms with Crippen molar-refractivity contribution >= 4 is 22.4 Å². The van der Waals surface area contributed by atoms with E-state index in [4.69, 9.17) is 0 Å². The van der Waals surface area contributed by atoms with Crippen LogP contribution in [-0.4, -0.2) is 20.0 Å². The Bertz CT molecular complexity index is 622. The maximum Gasteiger partial charge on any atom is 0.160 e. The van der Waals surface area contributed by atoms with Crippen LogP contribution in [0.25, 0.3) is 10.9 Å². The molecule has 0 aliphatic rings. The number of benzene rings is 1. The zero-order valence-corrected chi connectivity index (χ0v) is 8.81. The highest BCUT2D eigenvalue weighted by atomic mass is 15.3. The van der Waals surface area contributed by atoms with Crippen molar-refractivity contribution in [3.63, 3.8) is 0 Å². The number of hydrogen-bond acceptors (Lipinski definition) is 3. The first-order valence-electron chi connectivity index (χ1n) is 5.02. The molecule has 80 valence electrons. The highest BCUT2D eigenvalue weighted by Crippen LogP contribution is 2.22. The molecular weight excluding hydrogens is 202 g/mol. The molecule has 0 fully saturated rings. The van der Waals surface area contributed by atoms with Crippen LogP contribution in [0.5, 0.6) is 0 Å². The molecule has 0 spiro atoms. The van der Waals surface area contributed by atoms with E-state index in [-0.39, 0.29) is 0 Å². The zero-order valence-electron chi connectivity index (χ0n) is 8.81. The topological polar surface area (TPSA) is 58.5 Å². The molecule has 3 aromatic rings. The lowest BCUT2D eigenvalue weighted by Gasteiger charge is -1.98. The van der Waals surface area contributed by atoms with Gasteiger partial charge in [0.2, 0.25) is 0 Å². The van der Waals surface area contributed by atoms with Crippen LogP contribution in [0.2, 0.25) is 0 Å². The van der Waals surface area contributed by atoms with Gasteiger partial charge < -0.3 is 5.32 Å². The Morgan fingerprint density at radius 3 is 3.00 bits per heavy atom. The number of nitrogens with one attached hydrogen (secondary N) is 2. The summed E-state index contributed by atoms with van der Waals surface area (Å²) in [6.45, 7) is 0. The number of fused-ring (bicyclic) bond motifs is 1. The lowest BCUT2D eigenvalue weighted by molar-refractivity contribution is 0.768. The van der Waals surface area contributed by atoms with E-state index < -0.39 is 0 Å². The summed E-state index contributed by atoms with van der Waals surface area (Å²) in [7, 11) is 1.88. The molecule has 16 heavy (non-hydrogen) atoms. The maximum atomic E-state index is 4.23. The molecule has 0 saturated carbocycles. The monoisotopic (exact) mass is 213 g/mol. The maximum absolute atomic E-state index is 4.23. The largest absolute Gasteiger partial charge is 0.336 e. The van der Waals surface area contributed by atoms with Crippen molar-refractivity contribution in [3.05, 3.63) is 36.7 Å². The summed E-state index contributed by atoms with van der Waals surface area (Å²) in [4.78, 5) is 0.